The van der Waals surface area contributed by atoms with Crippen molar-refractivity contribution < 1.29 is 74.4 Å². The highest BCUT2D eigenvalue weighted by Crippen LogP contribution is 2.65. The Morgan fingerprint density at radius 3 is 1.96 bits per heavy atom. The van der Waals surface area contributed by atoms with Gasteiger partial charge in [-0.1, -0.05) is 20.8 Å². The van der Waals surface area contributed by atoms with Gasteiger partial charge in [0.25, 0.3) is 0 Å². The second kappa shape index (κ2) is 11.7. The topological polar surface area (TPSA) is 100 Å². The van der Waals surface area contributed by atoms with Gasteiger partial charge < -0.3 is 23.7 Å². The number of hydrogen-bond acceptors (Lipinski definition) is 10. The first kappa shape index (κ1) is 36.4. The zero-order chi connectivity index (χ0) is 36.6. The van der Waals surface area contributed by atoms with Crippen molar-refractivity contribution in [2.75, 3.05) is 13.2 Å². The van der Waals surface area contributed by atoms with Gasteiger partial charge in [0, 0.05) is 48.5 Å². The molecule has 16 heteroatoms. The van der Waals surface area contributed by atoms with Crippen molar-refractivity contribution in [3.8, 4) is 0 Å². The number of alkyl halides is 6. The molecule has 9 fully saturated rings. The van der Waals surface area contributed by atoms with Gasteiger partial charge in [-0.2, -0.15) is 26.3 Å². The first-order valence-corrected chi connectivity index (χ1v) is 18.2. The molecule has 10 aliphatic rings. The third-order valence-electron chi connectivity index (χ3n) is 13.8. The maximum absolute atomic E-state index is 15.3. The molecular weight excluding hydrogens is 694 g/mol. The number of allylic oxidation sites excluding steroid dienone is 1. The lowest BCUT2D eigenvalue weighted by molar-refractivity contribution is -0.583. The average molecular weight is 741 g/mol. The van der Waals surface area contributed by atoms with E-state index in [1.54, 1.807) is 13.8 Å². The van der Waals surface area contributed by atoms with Gasteiger partial charge in [-0.15, -0.1) is 0 Å². The van der Waals surface area contributed by atoms with Crippen molar-refractivity contribution >= 4 is 5.78 Å². The SMILES string of the molecule is C[C@@H]1CC[C@H]2C(COCC(=O)C[C@@]3(C(F)(F)F)O[C@@H]4O[C@@]5(C)CCC6[C@H](C)CC[C@@H]([C@H]3C)[C@]64OO5)=C(C(F)(F)F)O[C@@H]3O[C@@]4(C)CCC1[C@]32OO4. The van der Waals surface area contributed by atoms with Crippen LogP contribution < -0.4 is 0 Å². The minimum atomic E-state index is -5.02. The van der Waals surface area contributed by atoms with Gasteiger partial charge in [-0.25, -0.2) is 19.6 Å². The first-order chi connectivity index (χ1) is 23.8. The summed E-state index contributed by atoms with van der Waals surface area (Å²) in [5, 5.41) is 0. The number of carbonyl (C=O) groups is 1. The highest BCUT2D eigenvalue weighted by Gasteiger charge is 2.77. The van der Waals surface area contributed by atoms with Gasteiger partial charge in [-0.05, 0) is 70.1 Å². The van der Waals surface area contributed by atoms with E-state index < -0.39 is 102 Å². The van der Waals surface area contributed by atoms with E-state index in [0.29, 0.717) is 44.9 Å². The first-order valence-electron chi connectivity index (χ1n) is 18.2. The summed E-state index contributed by atoms with van der Waals surface area (Å²) in [6.07, 6.45) is -10.1. The van der Waals surface area contributed by atoms with E-state index in [2.05, 4.69) is 0 Å². The Labute approximate surface area is 291 Å². The van der Waals surface area contributed by atoms with Gasteiger partial charge in [0.05, 0.1) is 6.61 Å². The molecule has 288 valence electrons. The predicted octanol–water partition coefficient (Wildman–Crippen LogP) is 7.21. The average Bonchev–Trinajstić information content (AvgIpc) is 3.41. The quantitative estimate of drug-likeness (QED) is 0.205. The number of Topliss-reactive ketones (excluding diaryl/α,β-unsaturated/α-hetero) is 1. The molecule has 10 rings (SSSR count). The van der Waals surface area contributed by atoms with E-state index in [9.17, 15) is 18.0 Å². The number of carbonyl (C=O) groups excluding carboxylic acids is 1. The molecule has 0 aromatic rings. The molecule has 2 aliphatic carbocycles. The van der Waals surface area contributed by atoms with Crippen molar-refractivity contribution in [1.29, 1.82) is 0 Å². The normalized spacial score (nSPS) is 50.5. The summed E-state index contributed by atoms with van der Waals surface area (Å²) in [7, 11) is 0. The Morgan fingerprint density at radius 1 is 0.745 bits per heavy atom. The number of halogens is 6. The number of hydrogen-bond donors (Lipinski definition) is 0. The van der Waals surface area contributed by atoms with Crippen LogP contribution in [0, 0.1) is 41.4 Å². The second-order valence-electron chi connectivity index (χ2n) is 16.7. The summed E-state index contributed by atoms with van der Waals surface area (Å²) < 4.78 is 119. The summed E-state index contributed by atoms with van der Waals surface area (Å²) >= 11 is 0. The van der Waals surface area contributed by atoms with Crippen LogP contribution in [0.25, 0.3) is 0 Å². The number of ether oxygens (including phenoxy) is 5. The van der Waals surface area contributed by atoms with Crippen LogP contribution in [0.1, 0.15) is 92.4 Å². The molecule has 0 radical (unpaired) electrons. The molecule has 2 saturated carbocycles. The van der Waals surface area contributed by atoms with E-state index >= 15 is 13.2 Å². The number of rotatable bonds is 6. The maximum atomic E-state index is 15.3. The van der Waals surface area contributed by atoms with Crippen LogP contribution in [0.2, 0.25) is 0 Å². The summed E-state index contributed by atoms with van der Waals surface area (Å²) in [6, 6.07) is 0. The molecule has 0 aromatic heterocycles. The molecule has 51 heavy (non-hydrogen) atoms. The van der Waals surface area contributed by atoms with Crippen LogP contribution >= 0.6 is 0 Å². The lowest BCUT2D eigenvalue weighted by Crippen LogP contribution is -2.75. The second-order valence-corrected chi connectivity index (χ2v) is 16.7. The van der Waals surface area contributed by atoms with Crippen LogP contribution in [0.5, 0.6) is 0 Å². The molecule has 7 saturated heterocycles. The zero-order valence-corrected chi connectivity index (χ0v) is 29.3. The van der Waals surface area contributed by atoms with Crippen LogP contribution in [0.3, 0.4) is 0 Å². The Kier molecular flexibility index (Phi) is 8.39. The predicted molar refractivity (Wildman–Crippen MR) is 159 cm³/mol. The number of fused-ring (bicyclic) bond motifs is 4. The summed E-state index contributed by atoms with van der Waals surface area (Å²) in [5.74, 6) is -8.09. The third kappa shape index (κ3) is 5.23. The lowest BCUT2D eigenvalue weighted by Gasteiger charge is -2.63. The molecule has 10 nitrogen and oxygen atoms in total. The summed E-state index contributed by atoms with van der Waals surface area (Å²) in [5.41, 5.74) is -5.95. The fraction of sp³-hybridized carbons (Fsp3) is 0.914. The van der Waals surface area contributed by atoms with Crippen molar-refractivity contribution in [3.63, 3.8) is 0 Å². The monoisotopic (exact) mass is 740 g/mol. The van der Waals surface area contributed by atoms with Crippen molar-refractivity contribution in [2.24, 2.45) is 41.4 Å². The van der Waals surface area contributed by atoms with Crippen LogP contribution in [-0.4, -0.2) is 72.3 Å². The summed E-state index contributed by atoms with van der Waals surface area (Å²) in [4.78, 5) is 36.9. The summed E-state index contributed by atoms with van der Waals surface area (Å²) in [6.45, 7) is 7.01. The Hall–Kier alpha value is -1.53. The van der Waals surface area contributed by atoms with E-state index in [4.69, 9.17) is 43.2 Å². The van der Waals surface area contributed by atoms with Crippen LogP contribution in [-0.2, 0) is 48.0 Å². The smallest absolute Gasteiger partial charge is 0.449 e. The van der Waals surface area contributed by atoms with Crippen molar-refractivity contribution in [2.45, 2.75) is 146 Å². The minimum absolute atomic E-state index is 0.0567. The molecule has 0 amide bonds. The molecule has 2 unspecified atom stereocenters. The Bertz CT molecular complexity index is 1460. The van der Waals surface area contributed by atoms with E-state index in [1.165, 1.54) is 6.92 Å². The fourth-order valence-electron chi connectivity index (χ4n) is 11.2. The lowest BCUT2D eigenvalue weighted by atomic mass is 9.55. The molecule has 2 spiro atoms. The number of ketones is 1. The largest absolute Gasteiger partial charge is 0.456 e. The van der Waals surface area contributed by atoms with E-state index in [1.807, 2.05) is 13.8 Å². The highest BCUT2D eigenvalue weighted by atomic mass is 19.4. The van der Waals surface area contributed by atoms with E-state index in [0.717, 1.165) is 0 Å². The Morgan fingerprint density at radius 2 is 1.33 bits per heavy atom. The molecular formula is C35H46F6O10. The fourth-order valence-corrected chi connectivity index (χ4v) is 11.2. The van der Waals surface area contributed by atoms with Gasteiger partial charge in [0.2, 0.25) is 23.6 Å². The molecule has 4 bridgehead atoms. The van der Waals surface area contributed by atoms with Gasteiger partial charge in [0.1, 0.15) is 6.61 Å². The Balaban J connectivity index is 1.05. The zero-order valence-electron chi connectivity index (χ0n) is 29.3. The third-order valence-corrected chi connectivity index (χ3v) is 13.8. The van der Waals surface area contributed by atoms with Gasteiger partial charge in [-0.3, -0.25) is 4.79 Å². The minimum Gasteiger partial charge on any atom is -0.456 e. The van der Waals surface area contributed by atoms with E-state index in [-0.39, 0.29) is 35.7 Å². The standard InChI is InChI=1S/C35H46F6O10/c1-17-6-8-24-19(3)31(35(39,40)41,47-28-32(24)22(17)10-13-30(5,46-28)49-50-32)14-20(42)15-43-16-21-25-9-7-18(2)23-11-12-29(4)45-27(33(23,25)51-48-29)44-26(21)34(36,37)38/h17-19,22-25,27-28H,6-16H2,1-5H3/t17-,18-,19-,22?,23?,24+,25+,27-,28+,29-,30-,31-,32-,33-/m1/s1. The molecule has 14 atom stereocenters. The van der Waals surface area contributed by atoms with Crippen LogP contribution in [0.15, 0.2) is 11.3 Å². The maximum Gasteiger partial charge on any atom is 0.449 e. The molecule has 0 aromatic carbocycles. The van der Waals surface area contributed by atoms with Gasteiger partial charge in [0.15, 0.2) is 28.9 Å². The van der Waals surface area contributed by atoms with Crippen molar-refractivity contribution in [3.05, 3.63) is 11.3 Å². The van der Waals surface area contributed by atoms with Crippen LogP contribution in [0.4, 0.5) is 26.3 Å². The molecule has 0 N–H and O–H groups in total. The van der Waals surface area contributed by atoms with Gasteiger partial charge >= 0.3 is 12.4 Å². The highest BCUT2D eigenvalue weighted by molar-refractivity contribution is 5.81. The molecule has 8 aliphatic heterocycles. The van der Waals surface area contributed by atoms with Crippen molar-refractivity contribution in [1.82, 2.24) is 0 Å². The molecule has 8 heterocycles.